The van der Waals surface area contributed by atoms with Gasteiger partial charge < -0.3 is 5.32 Å². The van der Waals surface area contributed by atoms with Crippen molar-refractivity contribution in [3.8, 4) is 5.69 Å². The van der Waals surface area contributed by atoms with Crippen LogP contribution >= 0.6 is 11.6 Å². The highest BCUT2D eigenvalue weighted by Crippen LogP contribution is 2.35. The summed E-state index contributed by atoms with van der Waals surface area (Å²) >= 11 is 6.13. The first-order valence-electron chi connectivity index (χ1n) is 16.5. The Balaban J connectivity index is 0.000000217. The van der Waals surface area contributed by atoms with E-state index in [1.54, 1.807) is 18.2 Å². The zero-order valence-electron chi connectivity index (χ0n) is 29.2. The standard InChI is InChI=1S/C22H19ClF3N3O2.C18H14F2N2O/c1-13-19(22(24,25)26)20(29(2)28-13)18(30)11-15-8-9-17(23)16(10-15)21(31)27-12-14-6-4-3-5-7-14;1-12-5-2-3-6-14(12)17(23)11-13-9-10-22(21-13)18-15(19)7-4-8-16(18)20/h3-10H,11-12H2,1-2H3,(H,27,31);2-10H,11H2,1H3. The van der Waals surface area contributed by atoms with E-state index in [4.69, 9.17) is 11.6 Å². The van der Waals surface area contributed by atoms with Crippen molar-refractivity contribution in [3.05, 3.63) is 170 Å². The van der Waals surface area contributed by atoms with Crippen LogP contribution in [0.1, 0.15) is 64.8 Å². The summed E-state index contributed by atoms with van der Waals surface area (Å²) in [5.74, 6) is -2.69. The second-order valence-electron chi connectivity index (χ2n) is 12.2. The maximum absolute atomic E-state index is 13.8. The van der Waals surface area contributed by atoms with E-state index in [1.165, 1.54) is 44.4 Å². The number of alkyl halides is 3. The molecule has 2 heterocycles. The molecule has 0 bridgehead atoms. The van der Waals surface area contributed by atoms with Crippen LogP contribution in [-0.4, -0.2) is 37.0 Å². The molecular formula is C40H33ClF5N5O3. The van der Waals surface area contributed by atoms with E-state index in [9.17, 15) is 36.3 Å². The van der Waals surface area contributed by atoms with Crippen LogP contribution in [0.5, 0.6) is 0 Å². The third-order valence-corrected chi connectivity index (χ3v) is 8.63. The molecule has 0 unspecified atom stereocenters. The quantitative estimate of drug-likeness (QED) is 0.111. The highest BCUT2D eigenvalue weighted by Gasteiger charge is 2.40. The molecule has 6 rings (SSSR count). The van der Waals surface area contributed by atoms with Gasteiger partial charge in [0.25, 0.3) is 5.91 Å². The van der Waals surface area contributed by atoms with Crippen molar-refractivity contribution >= 4 is 29.1 Å². The molecule has 0 spiro atoms. The lowest BCUT2D eigenvalue weighted by Crippen LogP contribution is -2.23. The molecule has 14 heteroatoms. The third-order valence-electron chi connectivity index (χ3n) is 8.30. The maximum Gasteiger partial charge on any atom is 0.420 e. The van der Waals surface area contributed by atoms with Gasteiger partial charge in [-0.05, 0) is 60.9 Å². The molecule has 1 amide bonds. The van der Waals surface area contributed by atoms with Crippen LogP contribution in [0.4, 0.5) is 22.0 Å². The number of nitrogens with one attached hydrogen (secondary N) is 1. The number of benzene rings is 4. The van der Waals surface area contributed by atoms with Crippen molar-refractivity contribution < 1.29 is 36.3 Å². The molecule has 0 aliphatic carbocycles. The number of rotatable bonds is 10. The summed E-state index contributed by atoms with van der Waals surface area (Å²) in [5, 5.41) is 10.8. The molecule has 2 aromatic heterocycles. The van der Waals surface area contributed by atoms with Crippen molar-refractivity contribution in [3.63, 3.8) is 0 Å². The maximum atomic E-state index is 13.8. The van der Waals surface area contributed by atoms with Crippen LogP contribution in [0.25, 0.3) is 5.69 Å². The van der Waals surface area contributed by atoms with Gasteiger partial charge in [-0.25, -0.2) is 13.5 Å². The fourth-order valence-corrected chi connectivity index (χ4v) is 5.95. The molecule has 0 saturated carbocycles. The summed E-state index contributed by atoms with van der Waals surface area (Å²) in [4.78, 5) is 37.6. The molecular weight excluding hydrogens is 729 g/mol. The number of amides is 1. The predicted octanol–water partition coefficient (Wildman–Crippen LogP) is 8.64. The van der Waals surface area contributed by atoms with Gasteiger partial charge in [0.2, 0.25) is 0 Å². The summed E-state index contributed by atoms with van der Waals surface area (Å²) in [6.45, 7) is 3.35. The second kappa shape index (κ2) is 16.8. The van der Waals surface area contributed by atoms with Crippen LogP contribution in [0.3, 0.4) is 0 Å². The number of hydrogen-bond donors (Lipinski definition) is 1. The summed E-state index contributed by atoms with van der Waals surface area (Å²) in [6, 6.07) is 26.1. The minimum absolute atomic E-state index is 0.0773. The lowest BCUT2D eigenvalue weighted by molar-refractivity contribution is -0.138. The van der Waals surface area contributed by atoms with E-state index in [-0.39, 0.29) is 47.1 Å². The Morgan fingerprint density at radius 2 is 1.43 bits per heavy atom. The Morgan fingerprint density at radius 3 is 2.09 bits per heavy atom. The number of hydrogen-bond acceptors (Lipinski definition) is 5. The van der Waals surface area contributed by atoms with E-state index >= 15 is 0 Å². The first-order chi connectivity index (χ1) is 25.6. The molecule has 0 fully saturated rings. The van der Waals surface area contributed by atoms with Gasteiger partial charge in [-0.2, -0.15) is 23.4 Å². The van der Waals surface area contributed by atoms with Crippen molar-refractivity contribution in [2.75, 3.05) is 0 Å². The van der Waals surface area contributed by atoms with Crippen LogP contribution in [0, 0.1) is 25.5 Å². The first-order valence-corrected chi connectivity index (χ1v) is 16.8. The van der Waals surface area contributed by atoms with Gasteiger partial charge in [0.05, 0.1) is 28.4 Å². The number of aromatic nitrogens is 4. The van der Waals surface area contributed by atoms with E-state index in [2.05, 4.69) is 15.5 Å². The molecule has 0 aliphatic rings. The van der Waals surface area contributed by atoms with Crippen molar-refractivity contribution in [2.45, 2.75) is 39.4 Å². The normalized spacial score (nSPS) is 11.1. The summed E-state index contributed by atoms with van der Waals surface area (Å²) in [7, 11) is 1.29. The number of aryl methyl sites for hydroxylation is 3. The molecule has 0 saturated heterocycles. The monoisotopic (exact) mass is 761 g/mol. The number of Topliss-reactive ketones (excluding diaryl/α,β-unsaturated/α-hetero) is 2. The Kier molecular flexibility index (Phi) is 12.2. The minimum Gasteiger partial charge on any atom is -0.348 e. The fourth-order valence-electron chi connectivity index (χ4n) is 5.75. The smallest absolute Gasteiger partial charge is 0.348 e. The average Bonchev–Trinajstić information content (AvgIpc) is 3.71. The molecule has 0 radical (unpaired) electrons. The van der Waals surface area contributed by atoms with E-state index in [0.717, 1.165) is 32.6 Å². The number of nitrogens with zero attached hydrogens (tertiary/aromatic N) is 4. The van der Waals surface area contributed by atoms with Gasteiger partial charge >= 0.3 is 6.18 Å². The van der Waals surface area contributed by atoms with Gasteiger partial charge in [0.1, 0.15) is 16.9 Å². The second-order valence-corrected chi connectivity index (χ2v) is 12.7. The molecule has 4 aromatic carbocycles. The fraction of sp³-hybridized carbons (Fsp3) is 0.175. The van der Waals surface area contributed by atoms with Crippen molar-refractivity contribution in [1.82, 2.24) is 24.9 Å². The number of carbonyl (C=O) groups is 3. The molecule has 8 nitrogen and oxygen atoms in total. The van der Waals surface area contributed by atoms with Crippen LogP contribution < -0.4 is 5.32 Å². The lowest BCUT2D eigenvalue weighted by atomic mass is 10.0. The zero-order chi connectivity index (χ0) is 39.2. The number of para-hydroxylation sites is 1. The van der Waals surface area contributed by atoms with E-state index in [0.29, 0.717) is 16.8 Å². The average molecular weight is 762 g/mol. The molecule has 0 aliphatic heterocycles. The first kappa shape index (κ1) is 39.3. The minimum atomic E-state index is -4.70. The highest BCUT2D eigenvalue weighted by atomic mass is 35.5. The lowest BCUT2D eigenvalue weighted by Gasteiger charge is -2.11. The molecule has 6 aromatic rings. The Hall–Kier alpha value is -5.95. The Labute approximate surface area is 312 Å². The van der Waals surface area contributed by atoms with Crippen LogP contribution in [-0.2, 0) is 32.6 Å². The van der Waals surface area contributed by atoms with Crippen molar-refractivity contribution in [2.24, 2.45) is 7.05 Å². The Morgan fingerprint density at radius 1 is 0.759 bits per heavy atom. The summed E-state index contributed by atoms with van der Waals surface area (Å²) in [5.41, 5.74) is 1.29. The van der Waals surface area contributed by atoms with Gasteiger partial charge in [-0.3, -0.25) is 19.1 Å². The molecule has 54 heavy (non-hydrogen) atoms. The number of ketones is 2. The Bertz CT molecular complexity index is 2300. The largest absolute Gasteiger partial charge is 0.420 e. The van der Waals surface area contributed by atoms with Crippen molar-refractivity contribution in [1.29, 1.82) is 0 Å². The highest BCUT2D eigenvalue weighted by molar-refractivity contribution is 6.33. The van der Waals surface area contributed by atoms with E-state index in [1.807, 2.05) is 49.4 Å². The summed E-state index contributed by atoms with van der Waals surface area (Å²) in [6.07, 6.45) is -3.51. The molecule has 278 valence electrons. The predicted molar refractivity (Wildman–Crippen MR) is 193 cm³/mol. The SMILES string of the molecule is Cc1ccccc1C(=O)Cc1ccn(-c2c(F)cccc2F)n1.Cc1nn(C)c(C(=O)Cc2ccc(Cl)c(C(=O)NCc3ccccc3)c2)c1C(F)(F)F. The molecule has 1 N–H and O–H groups in total. The summed E-state index contributed by atoms with van der Waals surface area (Å²) < 4.78 is 69.7. The molecule has 0 atom stereocenters. The van der Waals surface area contributed by atoms with Gasteiger partial charge in [0, 0.05) is 31.8 Å². The van der Waals surface area contributed by atoms with Gasteiger partial charge in [-0.15, -0.1) is 0 Å². The number of halogens is 6. The van der Waals surface area contributed by atoms with Gasteiger partial charge in [0.15, 0.2) is 23.2 Å². The topological polar surface area (TPSA) is 98.9 Å². The van der Waals surface area contributed by atoms with E-state index < -0.39 is 40.8 Å². The third kappa shape index (κ3) is 9.34. The zero-order valence-corrected chi connectivity index (χ0v) is 30.0. The van der Waals surface area contributed by atoms with Gasteiger partial charge in [-0.1, -0.05) is 78.3 Å². The number of carbonyl (C=O) groups excluding carboxylic acids is 3. The van der Waals surface area contributed by atoms with Crippen LogP contribution in [0.2, 0.25) is 5.02 Å². The van der Waals surface area contributed by atoms with Crippen LogP contribution in [0.15, 0.2) is 103 Å².